The molecular formula is C14H23N3. The van der Waals surface area contributed by atoms with Crippen molar-refractivity contribution in [1.29, 1.82) is 0 Å². The molecule has 0 aromatic heterocycles. The maximum atomic E-state index is 5.82. The highest BCUT2D eigenvalue weighted by atomic mass is 15.1. The molecule has 3 aliphatic rings. The number of guanidine groups is 1. The Balaban J connectivity index is 1.77. The van der Waals surface area contributed by atoms with Crippen molar-refractivity contribution >= 4 is 5.96 Å². The van der Waals surface area contributed by atoms with E-state index in [9.17, 15) is 0 Å². The van der Waals surface area contributed by atoms with Crippen LogP contribution in [0.2, 0.25) is 0 Å². The Hall–Kier alpha value is -1.25. The van der Waals surface area contributed by atoms with Crippen molar-refractivity contribution in [3.05, 3.63) is 24.3 Å². The number of hydrogen-bond donors (Lipinski definition) is 2. The highest BCUT2D eigenvalue weighted by Gasteiger charge is 2.31. The molecule has 3 unspecified atom stereocenters. The third-order valence-corrected chi connectivity index (χ3v) is 3.78. The minimum Gasteiger partial charge on any atom is -0.370 e. The van der Waals surface area contributed by atoms with E-state index in [1.807, 2.05) is 6.92 Å². The lowest BCUT2D eigenvalue weighted by atomic mass is 9.69. The normalized spacial score (nSPS) is 31.6. The van der Waals surface area contributed by atoms with Gasteiger partial charge in [-0.1, -0.05) is 24.3 Å². The van der Waals surface area contributed by atoms with Gasteiger partial charge in [-0.2, -0.15) is 0 Å². The molecule has 3 aliphatic carbocycles. The Morgan fingerprint density at radius 2 is 2.29 bits per heavy atom. The van der Waals surface area contributed by atoms with Gasteiger partial charge in [0.05, 0.1) is 6.54 Å². The van der Waals surface area contributed by atoms with Crippen molar-refractivity contribution in [3.8, 4) is 0 Å². The molecule has 0 aromatic carbocycles. The number of aliphatic imine (C=N–C) groups is 1. The molecule has 3 nitrogen and oxygen atoms in total. The van der Waals surface area contributed by atoms with Crippen LogP contribution in [-0.4, -0.2) is 19.0 Å². The van der Waals surface area contributed by atoms with Gasteiger partial charge in [-0.05, 0) is 43.9 Å². The van der Waals surface area contributed by atoms with Crippen LogP contribution in [0.1, 0.15) is 26.2 Å². The second-order valence-corrected chi connectivity index (χ2v) is 5.42. The van der Waals surface area contributed by atoms with Crippen LogP contribution in [0.25, 0.3) is 0 Å². The van der Waals surface area contributed by atoms with Crippen molar-refractivity contribution in [2.75, 3.05) is 13.1 Å². The zero-order valence-electron chi connectivity index (χ0n) is 10.7. The van der Waals surface area contributed by atoms with Gasteiger partial charge in [0.15, 0.2) is 5.96 Å². The van der Waals surface area contributed by atoms with Gasteiger partial charge in [0.25, 0.3) is 0 Å². The summed E-state index contributed by atoms with van der Waals surface area (Å²) < 4.78 is 0. The van der Waals surface area contributed by atoms with E-state index < -0.39 is 0 Å². The first-order chi connectivity index (χ1) is 8.15. The molecule has 1 fully saturated rings. The Kier molecular flexibility index (Phi) is 3.87. The highest BCUT2D eigenvalue weighted by Crippen LogP contribution is 2.39. The summed E-state index contributed by atoms with van der Waals surface area (Å²) in [6, 6.07) is 0. The summed E-state index contributed by atoms with van der Waals surface area (Å²) in [5.74, 6) is 2.84. The summed E-state index contributed by atoms with van der Waals surface area (Å²) in [5.41, 5.74) is 6.85. The fraction of sp³-hybridized carbons (Fsp3) is 0.643. The molecule has 3 atom stereocenters. The van der Waals surface area contributed by atoms with Gasteiger partial charge in [-0.15, -0.1) is 0 Å². The van der Waals surface area contributed by atoms with Gasteiger partial charge in [0, 0.05) is 6.54 Å². The highest BCUT2D eigenvalue weighted by molar-refractivity contribution is 5.77. The predicted octanol–water partition coefficient (Wildman–Crippen LogP) is 2.07. The van der Waals surface area contributed by atoms with Gasteiger partial charge in [0.2, 0.25) is 0 Å². The lowest BCUT2D eigenvalue weighted by Crippen LogP contribution is -2.40. The van der Waals surface area contributed by atoms with E-state index in [-0.39, 0.29) is 0 Å². The Morgan fingerprint density at radius 1 is 1.47 bits per heavy atom. The van der Waals surface area contributed by atoms with Gasteiger partial charge in [0.1, 0.15) is 0 Å². The summed E-state index contributed by atoms with van der Waals surface area (Å²) in [4.78, 5) is 4.24. The van der Waals surface area contributed by atoms with Crippen molar-refractivity contribution in [1.82, 2.24) is 5.32 Å². The third kappa shape index (κ3) is 3.35. The van der Waals surface area contributed by atoms with E-state index in [4.69, 9.17) is 5.73 Å². The molecule has 1 saturated carbocycles. The van der Waals surface area contributed by atoms with E-state index in [0.717, 1.165) is 29.9 Å². The SMILES string of the molecule is C=C(C)CN=C(N)NCC1CC2C=CC1CC2. The average molecular weight is 233 g/mol. The van der Waals surface area contributed by atoms with E-state index >= 15 is 0 Å². The Labute approximate surface area is 104 Å². The standard InChI is InChI=1S/C14H23N3/c1-10(2)8-16-14(15)17-9-13-7-11-3-5-12(13)6-4-11/h3,5,11-13H,1,4,6-9H2,2H3,(H3,15,16,17). The first-order valence-corrected chi connectivity index (χ1v) is 6.51. The Morgan fingerprint density at radius 3 is 2.82 bits per heavy atom. The lowest BCUT2D eigenvalue weighted by molar-refractivity contribution is 0.221. The van der Waals surface area contributed by atoms with Crippen LogP contribution in [0.15, 0.2) is 29.3 Å². The van der Waals surface area contributed by atoms with Crippen molar-refractivity contribution in [2.24, 2.45) is 28.5 Å². The van der Waals surface area contributed by atoms with Crippen LogP contribution in [0.4, 0.5) is 0 Å². The summed E-state index contributed by atoms with van der Waals surface area (Å²) in [6.45, 7) is 7.34. The molecule has 0 aromatic rings. The molecule has 17 heavy (non-hydrogen) atoms. The van der Waals surface area contributed by atoms with Crippen LogP contribution in [-0.2, 0) is 0 Å². The van der Waals surface area contributed by atoms with E-state index in [2.05, 4.69) is 29.0 Å². The predicted molar refractivity (Wildman–Crippen MR) is 72.8 cm³/mol. The molecule has 0 radical (unpaired) electrons. The van der Waals surface area contributed by atoms with Gasteiger partial charge < -0.3 is 11.1 Å². The summed E-state index contributed by atoms with van der Waals surface area (Å²) in [5, 5.41) is 3.25. The van der Waals surface area contributed by atoms with Crippen LogP contribution < -0.4 is 11.1 Å². The maximum Gasteiger partial charge on any atom is 0.188 e. The number of nitrogens with zero attached hydrogens (tertiary/aromatic N) is 1. The molecule has 0 spiro atoms. The molecule has 2 bridgehead atoms. The number of allylic oxidation sites excluding steroid dienone is 2. The topological polar surface area (TPSA) is 50.4 Å². The largest absolute Gasteiger partial charge is 0.370 e. The van der Waals surface area contributed by atoms with Gasteiger partial charge in [-0.3, -0.25) is 0 Å². The third-order valence-electron chi connectivity index (χ3n) is 3.78. The Bertz CT molecular complexity index is 343. The van der Waals surface area contributed by atoms with E-state index in [1.165, 1.54) is 19.3 Å². The van der Waals surface area contributed by atoms with E-state index in [1.54, 1.807) is 0 Å². The number of rotatable bonds is 4. The fourth-order valence-electron chi connectivity index (χ4n) is 2.80. The number of fused-ring (bicyclic) bond motifs is 2. The van der Waals surface area contributed by atoms with Crippen LogP contribution in [0.5, 0.6) is 0 Å². The van der Waals surface area contributed by atoms with Crippen molar-refractivity contribution in [2.45, 2.75) is 26.2 Å². The van der Waals surface area contributed by atoms with Crippen LogP contribution >= 0.6 is 0 Å². The average Bonchev–Trinajstić information content (AvgIpc) is 2.35. The van der Waals surface area contributed by atoms with Gasteiger partial charge in [-0.25, -0.2) is 4.99 Å². The zero-order valence-corrected chi connectivity index (χ0v) is 10.7. The number of nitrogens with two attached hydrogens (primary N) is 1. The first-order valence-electron chi connectivity index (χ1n) is 6.51. The minimum atomic E-state index is 0.554. The fourth-order valence-corrected chi connectivity index (χ4v) is 2.80. The number of hydrogen-bond acceptors (Lipinski definition) is 1. The first kappa shape index (κ1) is 12.2. The van der Waals surface area contributed by atoms with Crippen molar-refractivity contribution < 1.29 is 0 Å². The summed E-state index contributed by atoms with van der Waals surface area (Å²) >= 11 is 0. The minimum absolute atomic E-state index is 0.554. The monoisotopic (exact) mass is 233 g/mol. The molecular weight excluding hydrogens is 210 g/mol. The summed E-state index contributed by atoms with van der Waals surface area (Å²) in [6.07, 6.45) is 8.81. The smallest absolute Gasteiger partial charge is 0.188 e. The molecule has 94 valence electrons. The molecule has 0 amide bonds. The zero-order chi connectivity index (χ0) is 12.3. The second-order valence-electron chi connectivity index (χ2n) is 5.42. The molecule has 3 heteroatoms. The molecule has 3 rings (SSSR count). The molecule has 0 aliphatic heterocycles. The van der Waals surface area contributed by atoms with Crippen LogP contribution in [0, 0.1) is 17.8 Å². The van der Waals surface area contributed by atoms with Crippen LogP contribution in [0.3, 0.4) is 0 Å². The van der Waals surface area contributed by atoms with E-state index in [0.29, 0.717) is 12.5 Å². The molecule has 0 saturated heterocycles. The molecule has 0 heterocycles. The van der Waals surface area contributed by atoms with Gasteiger partial charge >= 0.3 is 0 Å². The second kappa shape index (κ2) is 5.39. The maximum absolute atomic E-state index is 5.82. The van der Waals surface area contributed by atoms with Crippen molar-refractivity contribution in [3.63, 3.8) is 0 Å². The summed E-state index contributed by atoms with van der Waals surface area (Å²) in [7, 11) is 0. The lowest BCUT2D eigenvalue weighted by Gasteiger charge is -2.38. The quantitative estimate of drug-likeness (QED) is 0.444. The number of nitrogens with one attached hydrogen (secondary N) is 1. The molecule has 3 N–H and O–H groups in total.